The molecule has 0 atom stereocenters. The molecule has 1 aromatic carbocycles. The highest BCUT2D eigenvalue weighted by atomic mass is 19.2. The topological polar surface area (TPSA) is 53.1 Å². The van der Waals surface area contributed by atoms with Crippen LogP contribution in [0, 0.1) is 23.3 Å². The molecular formula is C9H3F4NO2. The molecule has 1 aromatic heterocycles. The maximum absolute atomic E-state index is 13.1. The van der Waals surface area contributed by atoms with Crippen molar-refractivity contribution in [1.82, 2.24) is 4.98 Å². The van der Waals surface area contributed by atoms with Crippen LogP contribution >= 0.6 is 0 Å². The van der Waals surface area contributed by atoms with Crippen LogP contribution < -0.4 is 5.56 Å². The number of fused-ring (bicyclic) bond motifs is 1. The Balaban J connectivity index is 3.09. The summed E-state index contributed by atoms with van der Waals surface area (Å²) in [5.74, 6) is -8.34. The summed E-state index contributed by atoms with van der Waals surface area (Å²) in [7, 11) is 0. The number of benzene rings is 1. The zero-order chi connectivity index (χ0) is 12.0. The summed E-state index contributed by atoms with van der Waals surface area (Å²) in [6, 6.07) is 0.523. The van der Waals surface area contributed by atoms with E-state index in [4.69, 9.17) is 5.11 Å². The van der Waals surface area contributed by atoms with Crippen LogP contribution in [-0.4, -0.2) is 10.1 Å². The lowest BCUT2D eigenvalue weighted by Gasteiger charge is -2.04. The van der Waals surface area contributed by atoms with Crippen molar-refractivity contribution in [3.05, 3.63) is 39.7 Å². The molecule has 0 unspecified atom stereocenters. The van der Waals surface area contributed by atoms with Crippen molar-refractivity contribution in [3.8, 4) is 5.75 Å². The van der Waals surface area contributed by atoms with E-state index in [0.29, 0.717) is 6.07 Å². The minimum atomic E-state index is -2.02. The predicted octanol–water partition coefficient (Wildman–Crippen LogP) is 1.79. The molecule has 0 spiro atoms. The molecule has 0 radical (unpaired) electrons. The number of halogens is 4. The normalized spacial score (nSPS) is 11.0. The van der Waals surface area contributed by atoms with E-state index < -0.39 is 45.5 Å². The van der Waals surface area contributed by atoms with Gasteiger partial charge in [-0.15, -0.1) is 0 Å². The Hall–Kier alpha value is -2.05. The molecule has 0 amide bonds. The van der Waals surface area contributed by atoms with Crippen molar-refractivity contribution in [3.63, 3.8) is 0 Å². The Bertz CT molecular complexity index is 650. The SMILES string of the molecule is O=c1[nH]c2c(F)c(F)c(F)c(F)c2cc1O. The van der Waals surface area contributed by atoms with Crippen molar-refractivity contribution >= 4 is 10.9 Å². The molecule has 1 heterocycles. The molecule has 0 saturated carbocycles. The zero-order valence-corrected chi connectivity index (χ0v) is 7.44. The second kappa shape index (κ2) is 3.22. The predicted molar refractivity (Wildman–Crippen MR) is 46.1 cm³/mol. The van der Waals surface area contributed by atoms with Gasteiger partial charge in [0.1, 0.15) is 0 Å². The van der Waals surface area contributed by atoms with Gasteiger partial charge >= 0.3 is 0 Å². The van der Waals surface area contributed by atoms with Crippen LogP contribution in [0.15, 0.2) is 10.9 Å². The lowest BCUT2D eigenvalue weighted by Crippen LogP contribution is -2.08. The molecule has 2 N–H and O–H groups in total. The summed E-state index contributed by atoms with van der Waals surface area (Å²) in [4.78, 5) is 12.6. The molecule has 84 valence electrons. The van der Waals surface area contributed by atoms with Gasteiger partial charge in [0.2, 0.25) is 0 Å². The highest BCUT2D eigenvalue weighted by molar-refractivity contribution is 5.81. The number of aromatic nitrogens is 1. The van der Waals surface area contributed by atoms with Crippen molar-refractivity contribution < 1.29 is 22.7 Å². The van der Waals surface area contributed by atoms with Crippen LogP contribution in [0.2, 0.25) is 0 Å². The molecule has 0 aliphatic carbocycles. The first kappa shape index (κ1) is 10.5. The van der Waals surface area contributed by atoms with Crippen molar-refractivity contribution in [2.45, 2.75) is 0 Å². The van der Waals surface area contributed by atoms with Crippen LogP contribution in [-0.2, 0) is 0 Å². The molecular weight excluding hydrogens is 230 g/mol. The summed E-state index contributed by atoms with van der Waals surface area (Å²) in [6.45, 7) is 0. The van der Waals surface area contributed by atoms with Gasteiger partial charge in [-0.2, -0.15) is 0 Å². The first-order valence-corrected chi connectivity index (χ1v) is 4.01. The Morgan fingerprint density at radius 3 is 2.19 bits per heavy atom. The molecule has 7 heteroatoms. The van der Waals surface area contributed by atoms with Crippen LogP contribution in [0.3, 0.4) is 0 Å². The summed E-state index contributed by atoms with van der Waals surface area (Å²) in [6.07, 6.45) is 0. The molecule has 2 aromatic rings. The van der Waals surface area contributed by atoms with Gasteiger partial charge in [0.25, 0.3) is 5.56 Å². The standard InChI is InChI=1S/C9H3F4NO2/c10-4-2-1-3(15)9(16)14-8(2)7(13)6(12)5(4)11/h1,15H,(H,14,16). The van der Waals surface area contributed by atoms with Gasteiger partial charge in [-0.05, 0) is 6.07 Å². The monoisotopic (exact) mass is 233 g/mol. The third-order valence-corrected chi connectivity index (χ3v) is 2.06. The molecule has 0 saturated heterocycles. The van der Waals surface area contributed by atoms with Gasteiger partial charge in [-0.25, -0.2) is 17.6 Å². The highest BCUT2D eigenvalue weighted by Crippen LogP contribution is 2.25. The van der Waals surface area contributed by atoms with Gasteiger partial charge < -0.3 is 10.1 Å². The van der Waals surface area contributed by atoms with Gasteiger partial charge in [-0.1, -0.05) is 0 Å². The quantitative estimate of drug-likeness (QED) is 0.414. The minimum Gasteiger partial charge on any atom is -0.503 e. The maximum atomic E-state index is 13.1. The first-order valence-electron chi connectivity index (χ1n) is 4.01. The van der Waals surface area contributed by atoms with E-state index >= 15 is 0 Å². The number of rotatable bonds is 0. The Morgan fingerprint density at radius 1 is 1.00 bits per heavy atom. The number of H-pyrrole nitrogens is 1. The van der Waals surface area contributed by atoms with Gasteiger partial charge in [0.15, 0.2) is 29.0 Å². The largest absolute Gasteiger partial charge is 0.503 e. The van der Waals surface area contributed by atoms with Crippen LogP contribution in [0.25, 0.3) is 10.9 Å². The Morgan fingerprint density at radius 2 is 1.56 bits per heavy atom. The minimum absolute atomic E-state index is 0.523. The smallest absolute Gasteiger partial charge is 0.290 e. The first-order chi connectivity index (χ1) is 7.43. The van der Waals surface area contributed by atoms with E-state index in [1.165, 1.54) is 0 Å². The summed E-state index contributed by atoms with van der Waals surface area (Å²) < 4.78 is 51.8. The Labute approximate surface area is 85.0 Å². The number of nitrogens with one attached hydrogen (secondary N) is 1. The van der Waals surface area contributed by atoms with Crippen LogP contribution in [0.4, 0.5) is 17.6 Å². The van der Waals surface area contributed by atoms with Gasteiger partial charge in [0.05, 0.1) is 5.52 Å². The fraction of sp³-hybridized carbons (Fsp3) is 0. The van der Waals surface area contributed by atoms with Gasteiger partial charge in [0, 0.05) is 5.39 Å². The molecule has 0 fully saturated rings. The molecule has 16 heavy (non-hydrogen) atoms. The molecule has 3 nitrogen and oxygen atoms in total. The fourth-order valence-electron chi connectivity index (χ4n) is 1.29. The third-order valence-electron chi connectivity index (χ3n) is 2.06. The van der Waals surface area contributed by atoms with Gasteiger partial charge in [-0.3, -0.25) is 4.79 Å². The number of pyridine rings is 1. The number of aromatic amines is 1. The van der Waals surface area contributed by atoms with E-state index in [1.54, 1.807) is 4.98 Å². The van der Waals surface area contributed by atoms with Crippen LogP contribution in [0.1, 0.15) is 0 Å². The summed E-state index contributed by atoms with van der Waals surface area (Å²) in [5.41, 5.74) is -1.96. The van der Waals surface area contributed by atoms with E-state index in [1.807, 2.05) is 0 Å². The maximum Gasteiger partial charge on any atom is 0.290 e. The number of hydrogen-bond donors (Lipinski definition) is 2. The molecule has 0 aliphatic heterocycles. The number of hydrogen-bond acceptors (Lipinski definition) is 2. The second-order valence-electron chi connectivity index (χ2n) is 3.03. The lowest BCUT2D eigenvalue weighted by molar-refractivity contribution is 0.416. The highest BCUT2D eigenvalue weighted by Gasteiger charge is 2.21. The van der Waals surface area contributed by atoms with Crippen LogP contribution in [0.5, 0.6) is 5.75 Å². The number of aromatic hydroxyl groups is 1. The lowest BCUT2D eigenvalue weighted by atomic mass is 10.2. The average Bonchev–Trinajstić information content (AvgIpc) is 2.26. The van der Waals surface area contributed by atoms with E-state index in [9.17, 15) is 22.4 Å². The van der Waals surface area contributed by atoms with Crippen molar-refractivity contribution in [2.75, 3.05) is 0 Å². The van der Waals surface area contributed by atoms with Crippen molar-refractivity contribution in [1.29, 1.82) is 0 Å². The zero-order valence-electron chi connectivity index (χ0n) is 7.44. The summed E-state index contributed by atoms with van der Waals surface area (Å²) >= 11 is 0. The Kier molecular flexibility index (Phi) is 2.11. The fourth-order valence-corrected chi connectivity index (χ4v) is 1.29. The van der Waals surface area contributed by atoms with E-state index in [2.05, 4.69) is 0 Å². The van der Waals surface area contributed by atoms with E-state index in [0.717, 1.165) is 0 Å². The summed E-state index contributed by atoms with van der Waals surface area (Å²) in [5, 5.41) is 8.20. The molecule has 0 aliphatic rings. The molecule has 2 rings (SSSR count). The average molecular weight is 233 g/mol. The van der Waals surface area contributed by atoms with Crippen molar-refractivity contribution in [2.24, 2.45) is 0 Å². The molecule has 0 bridgehead atoms. The second-order valence-corrected chi connectivity index (χ2v) is 3.03. The third kappa shape index (κ3) is 1.24. The van der Waals surface area contributed by atoms with E-state index in [-0.39, 0.29) is 0 Å².